The van der Waals surface area contributed by atoms with Crippen molar-refractivity contribution in [1.29, 1.82) is 0 Å². The first-order valence-corrected chi connectivity index (χ1v) is 7.38. The van der Waals surface area contributed by atoms with Gasteiger partial charge in [-0.25, -0.2) is 4.39 Å². The third-order valence-electron chi connectivity index (χ3n) is 3.28. The van der Waals surface area contributed by atoms with Crippen molar-refractivity contribution in [2.45, 2.75) is 12.7 Å². The lowest BCUT2D eigenvalue weighted by Crippen LogP contribution is -2.28. The molecule has 0 aromatic heterocycles. The molecule has 2 aromatic rings. The van der Waals surface area contributed by atoms with Gasteiger partial charge in [0.25, 0.3) is 5.91 Å². The molecule has 0 heterocycles. The molecule has 0 radical (unpaired) electrons. The molecule has 1 amide bonds. The van der Waals surface area contributed by atoms with Crippen molar-refractivity contribution in [3.63, 3.8) is 0 Å². The van der Waals surface area contributed by atoms with Crippen LogP contribution in [0.5, 0.6) is 0 Å². The molecule has 4 nitrogen and oxygen atoms in total. The third kappa shape index (κ3) is 4.76. The quantitative estimate of drug-likeness (QED) is 0.851. The number of hydrogen-bond acceptors (Lipinski definition) is 3. The van der Waals surface area contributed by atoms with Gasteiger partial charge < -0.3 is 15.2 Å². The number of carbonyl (C=O) groups excluding carboxylic acids is 1. The van der Waals surface area contributed by atoms with Crippen molar-refractivity contribution in [2.75, 3.05) is 13.7 Å². The standard InChI is InChI=1S/C17H17ClFNO3/c1-23-10-11-3-2-4-13(7-11)17(22)20-9-16(21)12-5-6-14(18)15(19)8-12/h2-8,16,21H,9-10H2,1H3,(H,20,22). The van der Waals surface area contributed by atoms with Gasteiger partial charge in [0.05, 0.1) is 17.7 Å². The molecule has 0 aliphatic carbocycles. The summed E-state index contributed by atoms with van der Waals surface area (Å²) in [6.07, 6.45) is -1.02. The van der Waals surface area contributed by atoms with E-state index in [-0.39, 0.29) is 17.5 Å². The molecule has 122 valence electrons. The summed E-state index contributed by atoms with van der Waals surface area (Å²) in [4.78, 5) is 12.1. The number of hydrogen-bond donors (Lipinski definition) is 2. The second-order valence-corrected chi connectivity index (χ2v) is 5.44. The van der Waals surface area contributed by atoms with E-state index in [0.29, 0.717) is 17.7 Å². The van der Waals surface area contributed by atoms with Crippen molar-refractivity contribution in [3.8, 4) is 0 Å². The highest BCUT2D eigenvalue weighted by Gasteiger charge is 2.13. The summed E-state index contributed by atoms with van der Waals surface area (Å²) < 4.78 is 18.4. The molecular weight excluding hydrogens is 321 g/mol. The summed E-state index contributed by atoms with van der Waals surface area (Å²) in [5.74, 6) is -0.932. The van der Waals surface area contributed by atoms with Crippen LogP contribution in [0.25, 0.3) is 0 Å². The minimum atomic E-state index is -1.02. The molecule has 2 rings (SSSR count). The van der Waals surface area contributed by atoms with Gasteiger partial charge in [0, 0.05) is 19.2 Å². The van der Waals surface area contributed by atoms with Gasteiger partial charge >= 0.3 is 0 Å². The molecule has 6 heteroatoms. The lowest BCUT2D eigenvalue weighted by atomic mass is 10.1. The normalized spacial score (nSPS) is 12.0. The monoisotopic (exact) mass is 337 g/mol. The number of benzene rings is 2. The molecule has 2 N–H and O–H groups in total. The Bertz CT molecular complexity index is 693. The molecule has 23 heavy (non-hydrogen) atoms. The zero-order chi connectivity index (χ0) is 16.8. The molecule has 0 spiro atoms. The van der Waals surface area contributed by atoms with Crippen molar-refractivity contribution in [1.82, 2.24) is 5.32 Å². The van der Waals surface area contributed by atoms with Gasteiger partial charge in [-0.1, -0.05) is 29.8 Å². The lowest BCUT2D eigenvalue weighted by molar-refractivity contribution is 0.0916. The van der Waals surface area contributed by atoms with Gasteiger partial charge in [0.1, 0.15) is 5.82 Å². The maximum Gasteiger partial charge on any atom is 0.251 e. The number of ether oxygens (including phenoxy) is 1. The van der Waals surface area contributed by atoms with Crippen molar-refractivity contribution >= 4 is 17.5 Å². The van der Waals surface area contributed by atoms with Crippen molar-refractivity contribution in [3.05, 3.63) is 70.0 Å². The lowest BCUT2D eigenvalue weighted by Gasteiger charge is -2.13. The Balaban J connectivity index is 1.98. The molecule has 2 aromatic carbocycles. The van der Waals surface area contributed by atoms with E-state index in [1.165, 1.54) is 12.1 Å². The van der Waals surface area contributed by atoms with E-state index in [4.69, 9.17) is 16.3 Å². The van der Waals surface area contributed by atoms with E-state index in [0.717, 1.165) is 11.6 Å². The number of halogens is 2. The smallest absolute Gasteiger partial charge is 0.251 e. The van der Waals surface area contributed by atoms with Crippen LogP contribution in [0.3, 0.4) is 0 Å². The third-order valence-corrected chi connectivity index (χ3v) is 3.59. The Labute approximate surface area is 138 Å². The first-order chi connectivity index (χ1) is 11.0. The van der Waals surface area contributed by atoms with Crippen molar-refractivity contribution in [2.24, 2.45) is 0 Å². The van der Waals surface area contributed by atoms with E-state index >= 15 is 0 Å². The van der Waals surface area contributed by atoms with Crippen LogP contribution in [0, 0.1) is 5.82 Å². The van der Waals surface area contributed by atoms with E-state index < -0.39 is 11.9 Å². The van der Waals surface area contributed by atoms with Crippen LogP contribution in [0.2, 0.25) is 5.02 Å². The van der Waals surface area contributed by atoms with Gasteiger partial charge in [-0.3, -0.25) is 4.79 Å². The van der Waals surface area contributed by atoms with Crippen LogP contribution in [0.1, 0.15) is 27.6 Å². The van der Waals surface area contributed by atoms with Gasteiger partial charge in [-0.15, -0.1) is 0 Å². The number of methoxy groups -OCH3 is 1. The first kappa shape index (κ1) is 17.4. The zero-order valence-corrected chi connectivity index (χ0v) is 13.3. The van der Waals surface area contributed by atoms with Crippen LogP contribution in [-0.4, -0.2) is 24.7 Å². The molecular formula is C17H17ClFNO3. The van der Waals surface area contributed by atoms with Crippen LogP contribution in [0.15, 0.2) is 42.5 Å². The fourth-order valence-corrected chi connectivity index (χ4v) is 2.22. The Morgan fingerprint density at radius 1 is 1.35 bits per heavy atom. The molecule has 1 unspecified atom stereocenters. The zero-order valence-electron chi connectivity index (χ0n) is 12.6. The maximum atomic E-state index is 13.4. The predicted molar refractivity (Wildman–Crippen MR) is 85.9 cm³/mol. The van der Waals surface area contributed by atoms with Crippen LogP contribution >= 0.6 is 11.6 Å². The summed E-state index contributed by atoms with van der Waals surface area (Å²) in [5.41, 5.74) is 1.69. The van der Waals surface area contributed by atoms with Gasteiger partial charge in [0.2, 0.25) is 0 Å². The average molecular weight is 338 g/mol. The highest BCUT2D eigenvalue weighted by Crippen LogP contribution is 2.20. The van der Waals surface area contributed by atoms with Gasteiger partial charge in [-0.05, 0) is 35.4 Å². The van der Waals surface area contributed by atoms with Crippen LogP contribution in [-0.2, 0) is 11.3 Å². The topological polar surface area (TPSA) is 58.6 Å². The molecule has 0 saturated carbocycles. The predicted octanol–water partition coefficient (Wildman–Crippen LogP) is 3.09. The fourth-order valence-electron chi connectivity index (χ4n) is 2.10. The van der Waals surface area contributed by atoms with E-state index in [1.54, 1.807) is 25.3 Å². The van der Waals surface area contributed by atoms with Gasteiger partial charge in [-0.2, -0.15) is 0 Å². The number of carbonyl (C=O) groups is 1. The average Bonchev–Trinajstić information content (AvgIpc) is 2.55. The molecule has 0 fully saturated rings. The summed E-state index contributed by atoms with van der Waals surface area (Å²) in [7, 11) is 1.58. The molecule has 1 atom stereocenters. The largest absolute Gasteiger partial charge is 0.387 e. The minimum absolute atomic E-state index is 0.0139. The number of aliphatic hydroxyl groups excluding tert-OH is 1. The van der Waals surface area contributed by atoms with Crippen LogP contribution < -0.4 is 5.32 Å². The second kappa shape index (κ2) is 8.06. The van der Waals surface area contributed by atoms with E-state index in [9.17, 15) is 14.3 Å². The second-order valence-electron chi connectivity index (χ2n) is 5.03. The van der Waals surface area contributed by atoms with Crippen LogP contribution in [0.4, 0.5) is 4.39 Å². The number of aliphatic hydroxyl groups is 1. The highest BCUT2D eigenvalue weighted by atomic mass is 35.5. The SMILES string of the molecule is COCc1cccc(C(=O)NCC(O)c2ccc(Cl)c(F)c2)c1. The highest BCUT2D eigenvalue weighted by molar-refractivity contribution is 6.30. The summed E-state index contributed by atoms with van der Waals surface area (Å²) in [5, 5.41) is 12.6. The maximum absolute atomic E-state index is 13.4. The Hall–Kier alpha value is -1.95. The number of nitrogens with one attached hydrogen (secondary N) is 1. The molecule has 0 bridgehead atoms. The van der Waals surface area contributed by atoms with Gasteiger partial charge in [0.15, 0.2) is 0 Å². The first-order valence-electron chi connectivity index (χ1n) is 7.00. The minimum Gasteiger partial charge on any atom is -0.387 e. The molecule has 0 aliphatic heterocycles. The summed E-state index contributed by atoms with van der Waals surface area (Å²) in [6.45, 7) is 0.377. The van der Waals surface area contributed by atoms with Crippen molar-refractivity contribution < 1.29 is 19.0 Å². The fraction of sp³-hybridized carbons (Fsp3) is 0.235. The number of amides is 1. The summed E-state index contributed by atoms with van der Waals surface area (Å²) in [6, 6.07) is 11.0. The Kier molecular flexibility index (Phi) is 6.10. The Morgan fingerprint density at radius 3 is 2.83 bits per heavy atom. The molecule has 0 saturated heterocycles. The number of rotatable bonds is 6. The summed E-state index contributed by atoms with van der Waals surface area (Å²) >= 11 is 5.60. The molecule has 0 aliphatic rings. The van der Waals surface area contributed by atoms with E-state index in [1.807, 2.05) is 6.07 Å². The Morgan fingerprint density at radius 2 is 2.13 bits per heavy atom. The van der Waals surface area contributed by atoms with E-state index in [2.05, 4.69) is 5.32 Å².